The molecular formula is C26H20N6O3. The fourth-order valence-corrected chi connectivity index (χ4v) is 4.36. The largest absolute Gasteiger partial charge is 0.308 e. The molecule has 1 N–H and O–H groups in total. The van der Waals surface area contributed by atoms with Crippen LogP contribution in [0.5, 0.6) is 0 Å². The normalized spacial score (nSPS) is 12.7. The first-order chi connectivity index (χ1) is 16.8. The average molecular weight is 464 g/mol. The van der Waals surface area contributed by atoms with Crippen LogP contribution in [0.1, 0.15) is 43.0 Å². The first-order valence-corrected chi connectivity index (χ1v) is 10.9. The second-order valence-electron chi connectivity index (χ2n) is 8.50. The van der Waals surface area contributed by atoms with Crippen molar-refractivity contribution in [1.82, 2.24) is 19.7 Å². The fraction of sp³-hybridized carbons (Fsp3) is 0.154. The summed E-state index contributed by atoms with van der Waals surface area (Å²) in [5, 5.41) is 17.5. The third kappa shape index (κ3) is 3.61. The third-order valence-corrected chi connectivity index (χ3v) is 5.99. The summed E-state index contributed by atoms with van der Waals surface area (Å²) >= 11 is 0. The number of carbonyl (C=O) groups excluding carboxylic acids is 3. The Morgan fingerprint density at radius 2 is 1.71 bits per heavy atom. The highest BCUT2D eigenvalue weighted by atomic mass is 16.2. The number of rotatable bonds is 4. The van der Waals surface area contributed by atoms with Crippen LogP contribution in [0.2, 0.25) is 0 Å². The number of benzene rings is 2. The van der Waals surface area contributed by atoms with Crippen molar-refractivity contribution in [3.05, 3.63) is 82.0 Å². The maximum absolute atomic E-state index is 12.9. The number of nitriles is 1. The molecule has 1 aliphatic heterocycles. The van der Waals surface area contributed by atoms with Crippen LogP contribution in [0.15, 0.2) is 48.7 Å². The Kier molecular flexibility index (Phi) is 5.14. The maximum Gasteiger partial charge on any atom is 0.262 e. The predicted octanol–water partition coefficient (Wildman–Crippen LogP) is 3.45. The van der Waals surface area contributed by atoms with Crippen LogP contribution in [-0.2, 0) is 4.79 Å². The van der Waals surface area contributed by atoms with Gasteiger partial charge in [0.25, 0.3) is 11.8 Å². The summed E-state index contributed by atoms with van der Waals surface area (Å²) in [6.07, 6.45) is 1.33. The summed E-state index contributed by atoms with van der Waals surface area (Å²) in [7, 11) is 0. The van der Waals surface area contributed by atoms with Gasteiger partial charge in [0.2, 0.25) is 5.91 Å². The fourth-order valence-electron chi connectivity index (χ4n) is 4.36. The van der Waals surface area contributed by atoms with E-state index >= 15 is 0 Å². The molecule has 0 bridgehead atoms. The maximum atomic E-state index is 12.9. The predicted molar refractivity (Wildman–Crippen MR) is 128 cm³/mol. The number of amides is 3. The molecule has 0 unspecified atom stereocenters. The number of nitrogens with one attached hydrogen (secondary N) is 1. The first kappa shape index (κ1) is 22.0. The molecule has 35 heavy (non-hydrogen) atoms. The smallest absolute Gasteiger partial charge is 0.262 e. The summed E-state index contributed by atoms with van der Waals surface area (Å²) < 4.78 is 1.38. The van der Waals surface area contributed by atoms with Gasteiger partial charge >= 0.3 is 0 Å². The highest BCUT2D eigenvalue weighted by molar-refractivity contribution is 6.22. The van der Waals surface area contributed by atoms with Gasteiger partial charge in [-0.15, -0.1) is 0 Å². The summed E-state index contributed by atoms with van der Waals surface area (Å²) in [5.41, 5.74) is 4.52. The Morgan fingerprint density at radius 1 is 1.03 bits per heavy atom. The molecule has 0 saturated carbocycles. The number of anilines is 1. The van der Waals surface area contributed by atoms with E-state index in [1.54, 1.807) is 24.3 Å². The van der Waals surface area contributed by atoms with Crippen LogP contribution in [0.3, 0.4) is 0 Å². The number of imide groups is 1. The van der Waals surface area contributed by atoms with Crippen LogP contribution in [-0.4, -0.2) is 43.9 Å². The van der Waals surface area contributed by atoms with Crippen LogP contribution in [0, 0.1) is 32.1 Å². The number of nitrogens with zero attached hydrogens (tertiary/aromatic N) is 5. The lowest BCUT2D eigenvalue weighted by Gasteiger charge is -2.15. The molecule has 2 aromatic heterocycles. The van der Waals surface area contributed by atoms with E-state index in [0.29, 0.717) is 5.82 Å². The van der Waals surface area contributed by atoms with Crippen LogP contribution in [0.25, 0.3) is 16.7 Å². The molecule has 3 heterocycles. The van der Waals surface area contributed by atoms with Crippen molar-refractivity contribution < 1.29 is 14.4 Å². The van der Waals surface area contributed by atoms with Crippen LogP contribution < -0.4 is 5.32 Å². The summed E-state index contributed by atoms with van der Waals surface area (Å²) in [4.78, 5) is 43.8. The van der Waals surface area contributed by atoms with Crippen molar-refractivity contribution >= 4 is 34.4 Å². The van der Waals surface area contributed by atoms with Gasteiger partial charge in [0.15, 0.2) is 11.6 Å². The van der Waals surface area contributed by atoms with Gasteiger partial charge in [-0.2, -0.15) is 15.0 Å². The highest BCUT2D eigenvalue weighted by Crippen LogP contribution is 2.27. The van der Waals surface area contributed by atoms with Crippen molar-refractivity contribution in [1.29, 1.82) is 5.26 Å². The van der Waals surface area contributed by atoms with Gasteiger partial charge in [-0.05, 0) is 56.2 Å². The second-order valence-corrected chi connectivity index (χ2v) is 8.50. The zero-order valence-corrected chi connectivity index (χ0v) is 19.3. The average Bonchev–Trinajstić information content (AvgIpc) is 3.34. The van der Waals surface area contributed by atoms with E-state index in [0.717, 1.165) is 32.5 Å². The molecule has 172 valence electrons. The Balaban J connectivity index is 1.48. The Hall–Kier alpha value is -4.84. The van der Waals surface area contributed by atoms with Crippen molar-refractivity contribution in [3.8, 4) is 11.9 Å². The van der Waals surface area contributed by atoms with Crippen molar-refractivity contribution in [2.75, 3.05) is 11.9 Å². The minimum absolute atomic E-state index is 0.116. The molecule has 2 aromatic carbocycles. The van der Waals surface area contributed by atoms with E-state index in [2.05, 4.69) is 16.5 Å². The standard InChI is InChI=1S/C26H20N6O3/c1-14-8-16(3)23-20(9-14)15(2)10-21(29-23)32-24(17(11-27)12-28-32)30-22(33)13-31-25(34)18-6-4-5-7-19(18)26(31)35/h4-10,12H,13H2,1-3H3,(H,30,33). The molecule has 5 rings (SSSR count). The molecule has 0 aliphatic carbocycles. The molecule has 1 aliphatic rings. The quantitative estimate of drug-likeness (QED) is 0.462. The van der Waals surface area contributed by atoms with Crippen molar-refractivity contribution in [3.63, 3.8) is 0 Å². The van der Waals surface area contributed by atoms with Gasteiger partial charge < -0.3 is 5.32 Å². The number of aryl methyl sites for hydroxylation is 3. The van der Waals surface area contributed by atoms with E-state index in [1.165, 1.54) is 10.9 Å². The first-order valence-electron chi connectivity index (χ1n) is 10.9. The lowest BCUT2D eigenvalue weighted by atomic mass is 10.0. The summed E-state index contributed by atoms with van der Waals surface area (Å²) in [6, 6.07) is 14.4. The molecule has 0 spiro atoms. The Morgan fingerprint density at radius 3 is 2.37 bits per heavy atom. The Labute approximate surface area is 200 Å². The summed E-state index contributed by atoms with van der Waals surface area (Å²) in [6.45, 7) is 5.46. The molecule has 4 aromatic rings. The molecule has 0 saturated heterocycles. The lowest BCUT2D eigenvalue weighted by Crippen LogP contribution is -2.37. The van der Waals surface area contributed by atoms with Gasteiger partial charge in [0, 0.05) is 5.39 Å². The van der Waals surface area contributed by atoms with Gasteiger partial charge in [0.1, 0.15) is 18.2 Å². The zero-order chi connectivity index (χ0) is 24.9. The number of carbonyl (C=O) groups is 3. The lowest BCUT2D eigenvalue weighted by molar-refractivity contribution is -0.116. The number of pyridine rings is 1. The van der Waals surface area contributed by atoms with E-state index in [4.69, 9.17) is 4.98 Å². The monoisotopic (exact) mass is 464 g/mol. The molecule has 9 heteroatoms. The topological polar surface area (TPSA) is 121 Å². The molecule has 0 fully saturated rings. The van der Waals surface area contributed by atoms with Crippen molar-refractivity contribution in [2.45, 2.75) is 20.8 Å². The second kappa shape index (κ2) is 8.18. The molecule has 0 atom stereocenters. The SMILES string of the molecule is Cc1cc(C)c2nc(-n3ncc(C#N)c3NC(=O)CN3C(=O)c4ccccc4C3=O)cc(C)c2c1. The van der Waals surface area contributed by atoms with Gasteiger partial charge in [-0.25, -0.2) is 4.98 Å². The van der Waals surface area contributed by atoms with E-state index in [9.17, 15) is 19.6 Å². The molecule has 0 radical (unpaired) electrons. The zero-order valence-electron chi connectivity index (χ0n) is 19.3. The van der Waals surface area contributed by atoms with Gasteiger partial charge in [-0.1, -0.05) is 23.8 Å². The third-order valence-electron chi connectivity index (χ3n) is 5.99. The van der Waals surface area contributed by atoms with Crippen LogP contribution >= 0.6 is 0 Å². The van der Waals surface area contributed by atoms with E-state index in [-0.39, 0.29) is 22.5 Å². The van der Waals surface area contributed by atoms with E-state index in [1.807, 2.05) is 39.0 Å². The van der Waals surface area contributed by atoms with Crippen molar-refractivity contribution in [2.24, 2.45) is 0 Å². The Bertz CT molecular complexity index is 1580. The van der Waals surface area contributed by atoms with Gasteiger partial charge in [0.05, 0.1) is 22.8 Å². The number of hydrogen-bond donors (Lipinski definition) is 1. The van der Waals surface area contributed by atoms with Gasteiger partial charge in [-0.3, -0.25) is 19.3 Å². The number of fused-ring (bicyclic) bond motifs is 2. The minimum Gasteiger partial charge on any atom is -0.308 e. The number of hydrogen-bond acceptors (Lipinski definition) is 6. The summed E-state index contributed by atoms with van der Waals surface area (Å²) in [5.74, 6) is -1.16. The van der Waals surface area contributed by atoms with Crippen LogP contribution in [0.4, 0.5) is 5.82 Å². The minimum atomic E-state index is -0.637. The highest BCUT2D eigenvalue weighted by Gasteiger charge is 2.36. The molecule has 9 nitrogen and oxygen atoms in total. The van der Waals surface area contributed by atoms with E-state index < -0.39 is 24.3 Å². The molecule has 3 amide bonds. The molecular weight excluding hydrogens is 444 g/mol. The number of aromatic nitrogens is 3.